The van der Waals surface area contributed by atoms with Gasteiger partial charge in [0.05, 0.1) is 12.7 Å². The predicted octanol–water partition coefficient (Wildman–Crippen LogP) is 1.88. The fraction of sp³-hybridized carbons (Fsp3) is 0.476. The quantitative estimate of drug-likeness (QED) is 0.164. The van der Waals surface area contributed by atoms with Gasteiger partial charge in [0.2, 0.25) is 11.4 Å². The topological polar surface area (TPSA) is 105 Å². The molecule has 2 N–H and O–H groups in total. The number of carbonyl (C=O) groups is 3. The molecule has 7 nitrogen and oxygen atoms in total. The third-order valence-corrected chi connectivity index (χ3v) is 4.81. The number of morpholine rings is 1. The van der Waals surface area contributed by atoms with E-state index in [1.54, 1.807) is 32.1 Å². The average Bonchev–Trinajstić information content (AvgIpc) is 3.38. The molecule has 3 atom stereocenters. The minimum absolute atomic E-state index is 0.387. The maximum absolute atomic E-state index is 12.6. The standard InChI is InChI=1S/C21H27NO6/c1-6-15(17(24)27-5)12-13(2)10-8-7-9-11-14(3)16(23)21-18(28-21)20(4,26)22-19(21)25/h6,8,10-12,18,26H,7,9H2,1-5H3,(H,22,25)/b10-8+,13-12+,14-11+,15-6+/t18-,20?,21+/m1/s1. The summed E-state index contributed by atoms with van der Waals surface area (Å²) in [6.07, 6.45) is 9.45. The molecule has 2 rings (SSSR count). The van der Waals surface area contributed by atoms with Crippen molar-refractivity contribution in [2.24, 2.45) is 0 Å². The summed E-state index contributed by atoms with van der Waals surface area (Å²) in [5.74, 6) is -1.39. The molecule has 2 aliphatic rings. The normalized spacial score (nSPS) is 30.3. The molecule has 2 aliphatic heterocycles. The van der Waals surface area contributed by atoms with E-state index in [0.29, 0.717) is 24.0 Å². The SMILES string of the molecule is C\C=C(/C=C(C)/C=C/CC/C=C(\C)C(=O)[C@]12O[C@@H]1C(C)(O)NC2=O)C(=O)OC. The molecule has 0 aromatic rings. The van der Waals surface area contributed by atoms with Crippen molar-refractivity contribution in [2.75, 3.05) is 7.11 Å². The van der Waals surface area contributed by atoms with E-state index in [2.05, 4.69) is 5.32 Å². The van der Waals surface area contributed by atoms with E-state index in [9.17, 15) is 19.5 Å². The number of ketones is 1. The zero-order valence-electron chi connectivity index (χ0n) is 16.9. The molecule has 1 unspecified atom stereocenters. The van der Waals surface area contributed by atoms with Crippen LogP contribution < -0.4 is 5.32 Å². The summed E-state index contributed by atoms with van der Waals surface area (Å²) in [5.41, 5.74) is -1.29. The lowest BCUT2D eigenvalue weighted by molar-refractivity contribution is -0.137. The Hall–Kier alpha value is -2.51. The van der Waals surface area contributed by atoms with Crippen molar-refractivity contribution in [3.05, 3.63) is 47.1 Å². The van der Waals surface area contributed by atoms with Gasteiger partial charge in [0.1, 0.15) is 0 Å². The fourth-order valence-corrected chi connectivity index (χ4v) is 3.22. The summed E-state index contributed by atoms with van der Waals surface area (Å²) in [7, 11) is 1.34. The van der Waals surface area contributed by atoms with Gasteiger partial charge in [-0.15, -0.1) is 0 Å². The number of carbonyl (C=O) groups excluding carboxylic acids is 3. The van der Waals surface area contributed by atoms with Gasteiger partial charge in [0.15, 0.2) is 11.8 Å². The first kappa shape index (κ1) is 21.8. The van der Waals surface area contributed by atoms with Crippen LogP contribution in [0.1, 0.15) is 40.5 Å². The lowest BCUT2D eigenvalue weighted by Gasteiger charge is -2.16. The predicted molar refractivity (Wildman–Crippen MR) is 103 cm³/mol. The molecular weight excluding hydrogens is 362 g/mol. The number of methoxy groups -OCH3 is 1. The van der Waals surface area contributed by atoms with Gasteiger partial charge in [-0.25, -0.2) is 4.79 Å². The Balaban J connectivity index is 1.90. The van der Waals surface area contributed by atoms with E-state index in [-0.39, 0.29) is 5.97 Å². The van der Waals surface area contributed by atoms with Crippen molar-refractivity contribution in [1.82, 2.24) is 5.32 Å². The van der Waals surface area contributed by atoms with Crippen LogP contribution in [0.4, 0.5) is 0 Å². The maximum Gasteiger partial charge on any atom is 0.337 e. The first-order valence-corrected chi connectivity index (χ1v) is 9.14. The molecule has 0 aromatic carbocycles. The molecule has 28 heavy (non-hydrogen) atoms. The first-order valence-electron chi connectivity index (χ1n) is 9.14. The molecule has 0 spiro atoms. The zero-order chi connectivity index (χ0) is 21.1. The highest BCUT2D eigenvalue weighted by Gasteiger charge is 2.79. The molecule has 2 heterocycles. The van der Waals surface area contributed by atoms with Gasteiger partial charge < -0.3 is 19.9 Å². The summed E-state index contributed by atoms with van der Waals surface area (Å²) in [6, 6.07) is 0. The van der Waals surface area contributed by atoms with Crippen LogP contribution in [-0.2, 0) is 23.9 Å². The second-order valence-electron chi connectivity index (χ2n) is 7.16. The van der Waals surface area contributed by atoms with Crippen molar-refractivity contribution in [1.29, 1.82) is 0 Å². The van der Waals surface area contributed by atoms with E-state index in [4.69, 9.17) is 9.47 Å². The number of Topliss-reactive ketones (excluding diaryl/α,β-unsaturated/α-hetero) is 1. The molecule has 7 heteroatoms. The second-order valence-corrected chi connectivity index (χ2v) is 7.16. The Morgan fingerprint density at radius 3 is 2.50 bits per heavy atom. The van der Waals surface area contributed by atoms with Crippen molar-refractivity contribution in [3.63, 3.8) is 0 Å². The van der Waals surface area contributed by atoms with Crippen molar-refractivity contribution in [2.45, 2.75) is 58.0 Å². The average molecular weight is 389 g/mol. The minimum Gasteiger partial charge on any atom is -0.465 e. The van der Waals surface area contributed by atoms with E-state index in [0.717, 1.165) is 5.57 Å². The van der Waals surface area contributed by atoms with E-state index < -0.39 is 29.1 Å². The highest BCUT2D eigenvalue weighted by molar-refractivity contribution is 6.21. The van der Waals surface area contributed by atoms with Gasteiger partial charge >= 0.3 is 5.97 Å². The Bertz CT molecular complexity index is 802. The molecule has 2 fully saturated rings. The summed E-state index contributed by atoms with van der Waals surface area (Å²) in [5, 5.41) is 12.4. The number of aliphatic hydroxyl groups is 1. The molecule has 1 amide bonds. The molecular formula is C21H27NO6. The van der Waals surface area contributed by atoms with Crippen LogP contribution in [0.15, 0.2) is 47.1 Å². The van der Waals surface area contributed by atoms with Gasteiger partial charge in [0, 0.05) is 0 Å². The van der Waals surface area contributed by atoms with Crippen LogP contribution >= 0.6 is 0 Å². The van der Waals surface area contributed by atoms with Gasteiger partial charge in [-0.3, -0.25) is 9.59 Å². The number of allylic oxidation sites excluding steroid dienone is 5. The zero-order valence-corrected chi connectivity index (χ0v) is 16.9. The monoisotopic (exact) mass is 389 g/mol. The minimum atomic E-state index is -1.57. The number of ether oxygens (including phenoxy) is 2. The van der Waals surface area contributed by atoms with Gasteiger partial charge in [-0.1, -0.05) is 29.9 Å². The fourth-order valence-electron chi connectivity index (χ4n) is 3.22. The molecule has 152 valence electrons. The number of nitrogens with one attached hydrogen (secondary N) is 1. The van der Waals surface area contributed by atoms with Crippen LogP contribution in [0.5, 0.6) is 0 Å². The van der Waals surface area contributed by atoms with Gasteiger partial charge in [-0.2, -0.15) is 0 Å². The number of hydrogen-bond acceptors (Lipinski definition) is 6. The van der Waals surface area contributed by atoms with Gasteiger partial charge in [-0.05, 0) is 52.2 Å². The Morgan fingerprint density at radius 1 is 1.32 bits per heavy atom. The second kappa shape index (κ2) is 8.24. The van der Waals surface area contributed by atoms with Crippen LogP contribution in [0, 0.1) is 0 Å². The molecule has 0 aromatic heterocycles. The summed E-state index contributed by atoms with van der Waals surface area (Å²) >= 11 is 0. The molecule has 0 saturated carbocycles. The largest absolute Gasteiger partial charge is 0.465 e. The Labute approximate surface area is 164 Å². The third kappa shape index (κ3) is 4.15. The third-order valence-electron chi connectivity index (χ3n) is 4.81. The molecule has 0 aliphatic carbocycles. The smallest absolute Gasteiger partial charge is 0.337 e. The van der Waals surface area contributed by atoms with E-state index >= 15 is 0 Å². The van der Waals surface area contributed by atoms with Crippen molar-refractivity contribution < 1.29 is 29.0 Å². The number of unbranched alkanes of at least 4 members (excludes halogenated alkanes) is 1. The number of rotatable bonds is 8. The van der Waals surface area contributed by atoms with Crippen LogP contribution in [0.3, 0.4) is 0 Å². The first-order chi connectivity index (χ1) is 13.1. The van der Waals surface area contributed by atoms with Crippen molar-refractivity contribution in [3.8, 4) is 0 Å². The number of esters is 1. The number of hydrogen-bond donors (Lipinski definition) is 2. The highest BCUT2D eigenvalue weighted by Crippen LogP contribution is 2.49. The summed E-state index contributed by atoms with van der Waals surface area (Å²) < 4.78 is 9.97. The lowest BCUT2D eigenvalue weighted by atomic mass is 9.93. The Kier molecular flexibility index (Phi) is 6.41. The van der Waals surface area contributed by atoms with E-state index in [1.807, 2.05) is 19.1 Å². The highest BCUT2D eigenvalue weighted by atomic mass is 16.6. The maximum atomic E-state index is 12.6. The number of epoxide rings is 1. The van der Waals surface area contributed by atoms with Crippen LogP contribution in [0.2, 0.25) is 0 Å². The summed E-state index contributed by atoms with van der Waals surface area (Å²) in [4.78, 5) is 36.2. The van der Waals surface area contributed by atoms with Crippen molar-refractivity contribution >= 4 is 17.7 Å². The van der Waals surface area contributed by atoms with Crippen LogP contribution in [0.25, 0.3) is 0 Å². The molecule has 0 radical (unpaired) electrons. The van der Waals surface area contributed by atoms with Gasteiger partial charge in [0.25, 0.3) is 5.91 Å². The number of fused-ring (bicyclic) bond motifs is 1. The Morgan fingerprint density at radius 2 is 2.00 bits per heavy atom. The van der Waals surface area contributed by atoms with Crippen LogP contribution in [-0.4, -0.2) is 47.3 Å². The number of amides is 1. The molecule has 0 bridgehead atoms. The lowest BCUT2D eigenvalue weighted by Crippen LogP contribution is -2.45. The summed E-state index contributed by atoms with van der Waals surface area (Å²) in [6.45, 7) is 6.69. The van der Waals surface area contributed by atoms with E-state index in [1.165, 1.54) is 14.0 Å². The molecule has 2 saturated heterocycles.